The van der Waals surface area contributed by atoms with E-state index >= 15 is 0 Å². The van der Waals surface area contributed by atoms with Crippen molar-refractivity contribution in [1.29, 1.82) is 0 Å². The third kappa shape index (κ3) is 5.40. The van der Waals surface area contributed by atoms with Crippen LogP contribution >= 0.6 is 43.5 Å². The Morgan fingerprint density at radius 2 is 1.45 bits per heavy atom. The number of aromatic nitrogens is 2. The molecular formula is C12H9Br2ClF2N2O. The molecule has 0 fully saturated rings. The SMILES string of the molecule is Fc1cnc(Br)cc1CCl.OCc1cc(Br)ncc1F. The molecule has 0 aliphatic heterocycles. The average molecular weight is 430 g/mol. The number of hydrogen-bond acceptors (Lipinski definition) is 3. The van der Waals surface area contributed by atoms with E-state index in [0.717, 1.165) is 12.4 Å². The van der Waals surface area contributed by atoms with Crippen molar-refractivity contribution in [2.45, 2.75) is 12.5 Å². The van der Waals surface area contributed by atoms with Gasteiger partial charge in [0, 0.05) is 11.1 Å². The summed E-state index contributed by atoms with van der Waals surface area (Å²) in [7, 11) is 0. The van der Waals surface area contributed by atoms with Gasteiger partial charge in [0.15, 0.2) is 0 Å². The van der Waals surface area contributed by atoms with E-state index in [2.05, 4.69) is 41.8 Å². The summed E-state index contributed by atoms with van der Waals surface area (Å²) >= 11 is 11.6. The molecule has 2 heterocycles. The van der Waals surface area contributed by atoms with E-state index in [1.165, 1.54) is 6.07 Å². The lowest BCUT2D eigenvalue weighted by atomic mass is 10.3. The van der Waals surface area contributed by atoms with Gasteiger partial charge in [0.25, 0.3) is 0 Å². The largest absolute Gasteiger partial charge is 0.392 e. The maximum Gasteiger partial charge on any atom is 0.147 e. The first-order chi connectivity index (χ1) is 9.47. The predicted molar refractivity (Wildman–Crippen MR) is 79.3 cm³/mol. The highest BCUT2D eigenvalue weighted by Gasteiger charge is 2.01. The molecule has 0 atom stereocenters. The summed E-state index contributed by atoms with van der Waals surface area (Å²) < 4.78 is 26.3. The van der Waals surface area contributed by atoms with Crippen LogP contribution in [0.4, 0.5) is 8.78 Å². The van der Waals surface area contributed by atoms with Gasteiger partial charge in [-0.15, -0.1) is 11.6 Å². The summed E-state index contributed by atoms with van der Waals surface area (Å²) in [5.74, 6) is -0.670. The molecule has 0 aliphatic rings. The van der Waals surface area contributed by atoms with Gasteiger partial charge in [0.2, 0.25) is 0 Å². The molecule has 0 aromatic carbocycles. The fourth-order valence-corrected chi connectivity index (χ4v) is 2.09. The molecule has 0 amide bonds. The van der Waals surface area contributed by atoms with Gasteiger partial charge in [0.05, 0.1) is 24.9 Å². The van der Waals surface area contributed by atoms with Gasteiger partial charge in [0.1, 0.15) is 20.8 Å². The number of hydrogen-bond donors (Lipinski definition) is 1. The number of nitrogens with zero attached hydrogens (tertiary/aromatic N) is 2. The normalized spacial score (nSPS) is 9.90. The molecule has 0 aliphatic carbocycles. The molecule has 2 aromatic heterocycles. The Bertz CT molecular complexity index is 536. The Kier molecular flexibility index (Phi) is 7.50. The molecule has 0 radical (unpaired) electrons. The van der Waals surface area contributed by atoms with Crippen LogP contribution in [0.15, 0.2) is 33.7 Å². The minimum atomic E-state index is -0.481. The van der Waals surface area contributed by atoms with Crippen molar-refractivity contribution < 1.29 is 13.9 Å². The van der Waals surface area contributed by atoms with E-state index in [9.17, 15) is 8.78 Å². The third-order valence-corrected chi connectivity index (χ3v) is 3.27. The molecule has 0 saturated heterocycles. The van der Waals surface area contributed by atoms with E-state index in [1.807, 2.05) is 0 Å². The van der Waals surface area contributed by atoms with Crippen molar-refractivity contribution >= 4 is 43.5 Å². The number of alkyl halides is 1. The maximum atomic E-state index is 12.6. The van der Waals surface area contributed by atoms with Gasteiger partial charge >= 0.3 is 0 Å². The summed E-state index contributed by atoms with van der Waals surface area (Å²) in [6.07, 6.45) is 2.21. The molecular weight excluding hydrogens is 421 g/mol. The van der Waals surface area contributed by atoms with Gasteiger partial charge in [-0.2, -0.15) is 0 Å². The zero-order valence-electron chi connectivity index (χ0n) is 9.96. The lowest BCUT2D eigenvalue weighted by molar-refractivity contribution is 0.275. The third-order valence-electron chi connectivity index (χ3n) is 2.12. The molecule has 108 valence electrons. The number of aliphatic hydroxyl groups excluding tert-OH is 1. The Morgan fingerprint density at radius 3 is 1.80 bits per heavy atom. The van der Waals surface area contributed by atoms with E-state index in [0.29, 0.717) is 14.8 Å². The molecule has 0 bridgehead atoms. The monoisotopic (exact) mass is 428 g/mol. The van der Waals surface area contributed by atoms with Gasteiger partial charge in [-0.05, 0) is 44.0 Å². The summed E-state index contributed by atoms with van der Waals surface area (Å²) in [5.41, 5.74) is 0.713. The number of aliphatic hydroxyl groups is 1. The van der Waals surface area contributed by atoms with Crippen LogP contribution in [0.25, 0.3) is 0 Å². The number of rotatable bonds is 2. The van der Waals surface area contributed by atoms with Crippen LogP contribution in [0.1, 0.15) is 11.1 Å². The second-order valence-electron chi connectivity index (χ2n) is 3.49. The van der Waals surface area contributed by atoms with E-state index in [4.69, 9.17) is 16.7 Å². The summed E-state index contributed by atoms with van der Waals surface area (Å²) in [6, 6.07) is 3.00. The van der Waals surface area contributed by atoms with Crippen LogP contribution < -0.4 is 0 Å². The van der Waals surface area contributed by atoms with Crippen LogP contribution in [-0.4, -0.2) is 15.1 Å². The Morgan fingerprint density at radius 1 is 1.00 bits per heavy atom. The zero-order chi connectivity index (χ0) is 15.1. The van der Waals surface area contributed by atoms with Crippen LogP contribution in [-0.2, 0) is 12.5 Å². The first kappa shape index (κ1) is 17.4. The van der Waals surface area contributed by atoms with E-state index in [-0.39, 0.29) is 23.9 Å². The average Bonchev–Trinajstić information content (AvgIpc) is 2.44. The molecule has 8 heteroatoms. The van der Waals surface area contributed by atoms with Gasteiger partial charge < -0.3 is 5.11 Å². The molecule has 0 unspecified atom stereocenters. The fraction of sp³-hybridized carbons (Fsp3) is 0.167. The lowest BCUT2D eigenvalue weighted by Crippen LogP contribution is -1.90. The highest BCUT2D eigenvalue weighted by atomic mass is 79.9. The smallest absolute Gasteiger partial charge is 0.147 e. The van der Waals surface area contributed by atoms with Crippen LogP contribution in [0.3, 0.4) is 0 Å². The lowest BCUT2D eigenvalue weighted by Gasteiger charge is -1.96. The maximum absolute atomic E-state index is 12.6. The van der Waals surface area contributed by atoms with Crippen molar-refractivity contribution in [3.8, 4) is 0 Å². The van der Waals surface area contributed by atoms with Crippen LogP contribution in [0, 0.1) is 11.6 Å². The quantitative estimate of drug-likeness (QED) is 0.574. The Hall–Kier alpha value is -0.630. The number of halogens is 5. The zero-order valence-corrected chi connectivity index (χ0v) is 13.9. The minimum absolute atomic E-state index is 0.174. The van der Waals surface area contributed by atoms with Gasteiger partial charge in [-0.3, -0.25) is 0 Å². The van der Waals surface area contributed by atoms with Crippen molar-refractivity contribution in [1.82, 2.24) is 9.97 Å². The molecule has 20 heavy (non-hydrogen) atoms. The van der Waals surface area contributed by atoms with Gasteiger partial charge in [-0.1, -0.05) is 0 Å². The van der Waals surface area contributed by atoms with Gasteiger partial charge in [-0.25, -0.2) is 18.7 Å². The predicted octanol–water partition coefficient (Wildman–Crippen LogP) is 4.20. The Balaban J connectivity index is 0.000000200. The van der Waals surface area contributed by atoms with Crippen LogP contribution in [0.2, 0.25) is 0 Å². The second-order valence-corrected chi connectivity index (χ2v) is 5.38. The molecule has 2 rings (SSSR count). The molecule has 3 nitrogen and oxygen atoms in total. The second kappa shape index (κ2) is 8.61. The summed E-state index contributed by atoms with van der Waals surface area (Å²) in [5, 5.41) is 8.55. The minimum Gasteiger partial charge on any atom is -0.392 e. The van der Waals surface area contributed by atoms with E-state index < -0.39 is 5.82 Å². The standard InChI is InChI=1S/C6H4BrClFN.C6H5BrFNO/c7-6-1-4(2-8)5(9)3-10-6;7-6-1-4(3-10)5(8)2-9-6/h1,3H,2H2;1-2,10H,3H2. The number of pyridine rings is 2. The van der Waals surface area contributed by atoms with Crippen molar-refractivity contribution in [3.05, 3.63) is 56.5 Å². The van der Waals surface area contributed by atoms with Crippen LogP contribution in [0.5, 0.6) is 0 Å². The summed E-state index contributed by atoms with van der Waals surface area (Å²) in [6.45, 7) is -0.299. The Labute approximate surface area is 136 Å². The highest BCUT2D eigenvalue weighted by Crippen LogP contribution is 2.13. The molecule has 0 saturated carbocycles. The summed E-state index contributed by atoms with van der Waals surface area (Å²) in [4.78, 5) is 7.29. The van der Waals surface area contributed by atoms with Crippen molar-refractivity contribution in [2.75, 3.05) is 0 Å². The molecule has 1 N–H and O–H groups in total. The highest BCUT2D eigenvalue weighted by molar-refractivity contribution is 9.10. The van der Waals surface area contributed by atoms with E-state index in [1.54, 1.807) is 6.07 Å². The van der Waals surface area contributed by atoms with Crippen molar-refractivity contribution in [2.24, 2.45) is 0 Å². The topological polar surface area (TPSA) is 46.0 Å². The fourth-order valence-electron chi connectivity index (χ4n) is 1.13. The molecule has 2 aromatic rings. The van der Waals surface area contributed by atoms with Crippen molar-refractivity contribution in [3.63, 3.8) is 0 Å². The first-order valence-corrected chi connectivity index (χ1v) is 7.36. The first-order valence-electron chi connectivity index (χ1n) is 5.24. The molecule has 0 spiro atoms.